The first-order chi connectivity index (χ1) is 10.2. The fourth-order valence-electron chi connectivity index (χ4n) is 2.77. The van der Waals surface area contributed by atoms with Gasteiger partial charge in [-0.3, -0.25) is 9.59 Å². The highest BCUT2D eigenvalue weighted by Gasteiger charge is 2.37. The summed E-state index contributed by atoms with van der Waals surface area (Å²) in [7, 11) is 0. The summed E-state index contributed by atoms with van der Waals surface area (Å²) in [4.78, 5) is 35.7. The molecule has 1 atom stereocenters. The van der Waals surface area contributed by atoms with Crippen molar-refractivity contribution in [1.29, 1.82) is 0 Å². The van der Waals surface area contributed by atoms with Crippen LogP contribution < -0.4 is 11.1 Å². The molecule has 22 heavy (non-hydrogen) atoms. The van der Waals surface area contributed by atoms with Gasteiger partial charge in [0.25, 0.3) is 0 Å². The zero-order valence-corrected chi connectivity index (χ0v) is 13.6. The van der Waals surface area contributed by atoms with Gasteiger partial charge in [0.05, 0.1) is 5.57 Å². The average Bonchev–Trinajstić information content (AvgIpc) is 2.34. The van der Waals surface area contributed by atoms with Crippen LogP contribution in [-0.4, -0.2) is 35.2 Å². The van der Waals surface area contributed by atoms with E-state index in [9.17, 15) is 19.5 Å². The normalized spacial score (nSPS) is 19.0. The van der Waals surface area contributed by atoms with E-state index in [2.05, 4.69) is 5.32 Å². The number of hydrogen-bond donors (Lipinski definition) is 3. The first-order valence-electron chi connectivity index (χ1n) is 7.64. The maximum absolute atomic E-state index is 12.2. The summed E-state index contributed by atoms with van der Waals surface area (Å²) in [5.74, 6) is -1.41. The third-order valence-electron chi connectivity index (χ3n) is 3.85. The number of hydrogen-bond acceptors (Lipinski definition) is 5. The molecule has 1 rings (SSSR count). The number of carbonyl (C=O) groups is 3. The molecule has 0 bridgehead atoms. The van der Waals surface area contributed by atoms with Crippen LogP contribution in [0.4, 0.5) is 0 Å². The summed E-state index contributed by atoms with van der Waals surface area (Å²) in [6.45, 7) is 5.88. The van der Waals surface area contributed by atoms with Crippen LogP contribution in [0.15, 0.2) is 11.3 Å². The Balaban J connectivity index is 2.87. The van der Waals surface area contributed by atoms with E-state index in [4.69, 9.17) is 5.73 Å². The quantitative estimate of drug-likeness (QED) is 0.372. The van der Waals surface area contributed by atoms with Crippen LogP contribution in [0.2, 0.25) is 0 Å². The number of allylic oxidation sites excluding steroid dienone is 2. The molecule has 0 heterocycles. The fraction of sp³-hybridized carbons (Fsp3) is 0.688. The lowest BCUT2D eigenvalue weighted by Gasteiger charge is -2.30. The monoisotopic (exact) mass is 310 g/mol. The van der Waals surface area contributed by atoms with E-state index in [1.165, 1.54) is 0 Å². The number of unbranched alkanes of at least 4 members (excludes halogenated alkanes) is 1. The van der Waals surface area contributed by atoms with Crippen LogP contribution in [0, 0.1) is 5.41 Å². The number of rotatable bonds is 7. The van der Waals surface area contributed by atoms with Crippen molar-refractivity contribution in [3.63, 3.8) is 0 Å². The van der Waals surface area contributed by atoms with E-state index >= 15 is 0 Å². The number of nitrogens with two attached hydrogens (primary N) is 1. The van der Waals surface area contributed by atoms with E-state index < -0.39 is 12.0 Å². The smallest absolute Gasteiger partial charge is 0.326 e. The van der Waals surface area contributed by atoms with E-state index in [-0.39, 0.29) is 22.6 Å². The standard InChI is InChI=1S/C16H26N2O4/c1-10(18-11(15(21)22)6-4-5-7-17)14-12(19)8-16(2,3)9-13(14)20/h11,18H,4-9,17H2,1-3H3,(H,21,22)/t11-/m0/s1. The van der Waals surface area contributed by atoms with Crippen molar-refractivity contribution in [3.8, 4) is 0 Å². The molecule has 0 aromatic carbocycles. The Morgan fingerprint density at radius 2 is 1.82 bits per heavy atom. The second-order valence-electron chi connectivity index (χ2n) is 6.68. The van der Waals surface area contributed by atoms with Crippen molar-refractivity contribution < 1.29 is 19.5 Å². The second-order valence-corrected chi connectivity index (χ2v) is 6.68. The van der Waals surface area contributed by atoms with Crippen molar-refractivity contribution in [3.05, 3.63) is 11.3 Å². The molecular weight excluding hydrogens is 284 g/mol. The molecule has 124 valence electrons. The zero-order valence-electron chi connectivity index (χ0n) is 13.6. The molecule has 4 N–H and O–H groups in total. The molecule has 1 fully saturated rings. The summed E-state index contributed by atoms with van der Waals surface area (Å²) >= 11 is 0. The molecule has 0 unspecified atom stereocenters. The molecule has 1 saturated carbocycles. The fourth-order valence-corrected chi connectivity index (χ4v) is 2.77. The molecule has 6 heteroatoms. The van der Waals surface area contributed by atoms with Gasteiger partial charge in [0.1, 0.15) is 6.04 Å². The number of carbonyl (C=O) groups excluding carboxylic acids is 2. The molecule has 0 aromatic heterocycles. The molecule has 0 spiro atoms. The third kappa shape index (κ3) is 4.94. The largest absolute Gasteiger partial charge is 0.480 e. The van der Waals surface area contributed by atoms with E-state index in [0.29, 0.717) is 37.9 Å². The minimum atomic E-state index is -0.993. The first kappa shape index (κ1) is 18.4. The average molecular weight is 310 g/mol. The first-order valence-corrected chi connectivity index (χ1v) is 7.64. The zero-order chi connectivity index (χ0) is 16.9. The minimum Gasteiger partial charge on any atom is -0.480 e. The van der Waals surface area contributed by atoms with Crippen molar-refractivity contribution >= 4 is 17.5 Å². The van der Waals surface area contributed by atoms with Crippen LogP contribution in [0.3, 0.4) is 0 Å². The summed E-state index contributed by atoms with van der Waals surface area (Å²) in [5.41, 5.74) is 5.57. The summed E-state index contributed by atoms with van der Waals surface area (Å²) in [6.07, 6.45) is 2.44. The Labute approximate surface area is 131 Å². The lowest BCUT2D eigenvalue weighted by molar-refractivity contribution is -0.139. The maximum atomic E-state index is 12.2. The second kappa shape index (κ2) is 7.54. The van der Waals surface area contributed by atoms with Gasteiger partial charge in [-0.15, -0.1) is 0 Å². The van der Waals surface area contributed by atoms with Gasteiger partial charge in [0, 0.05) is 18.5 Å². The summed E-state index contributed by atoms with van der Waals surface area (Å²) in [6, 6.07) is -0.811. The lowest BCUT2D eigenvalue weighted by Crippen LogP contribution is -2.39. The van der Waals surface area contributed by atoms with E-state index in [1.54, 1.807) is 6.92 Å². The van der Waals surface area contributed by atoms with Gasteiger partial charge in [0.15, 0.2) is 11.6 Å². The van der Waals surface area contributed by atoms with Crippen molar-refractivity contribution in [2.24, 2.45) is 11.1 Å². The number of aliphatic carboxylic acids is 1. The number of ketones is 2. The van der Waals surface area contributed by atoms with E-state index in [0.717, 1.165) is 6.42 Å². The van der Waals surface area contributed by atoms with Crippen LogP contribution >= 0.6 is 0 Å². The van der Waals surface area contributed by atoms with Crippen LogP contribution in [0.1, 0.15) is 52.9 Å². The van der Waals surface area contributed by atoms with Gasteiger partial charge in [-0.25, -0.2) is 4.79 Å². The predicted molar refractivity (Wildman–Crippen MR) is 83.2 cm³/mol. The molecule has 1 aliphatic rings. The van der Waals surface area contributed by atoms with Gasteiger partial charge in [-0.1, -0.05) is 13.8 Å². The van der Waals surface area contributed by atoms with E-state index in [1.807, 2.05) is 13.8 Å². The highest BCUT2D eigenvalue weighted by molar-refractivity contribution is 6.22. The number of Topliss-reactive ketones (excluding diaryl/α,β-unsaturated/α-hetero) is 2. The van der Waals surface area contributed by atoms with Gasteiger partial charge in [-0.05, 0) is 38.1 Å². The molecule has 6 nitrogen and oxygen atoms in total. The third-order valence-corrected chi connectivity index (χ3v) is 3.85. The molecular formula is C16H26N2O4. The molecule has 1 aliphatic carbocycles. The highest BCUT2D eigenvalue weighted by atomic mass is 16.4. The summed E-state index contributed by atoms with van der Waals surface area (Å²) < 4.78 is 0. The molecule has 0 saturated heterocycles. The van der Waals surface area contributed by atoms with Crippen molar-refractivity contribution in [1.82, 2.24) is 5.32 Å². The Morgan fingerprint density at radius 3 is 2.27 bits per heavy atom. The van der Waals surface area contributed by atoms with Gasteiger partial charge >= 0.3 is 5.97 Å². The van der Waals surface area contributed by atoms with Crippen molar-refractivity contribution in [2.45, 2.75) is 58.9 Å². The number of carboxylic acids is 1. The van der Waals surface area contributed by atoms with Crippen LogP contribution in [0.25, 0.3) is 0 Å². The minimum absolute atomic E-state index is 0.129. The highest BCUT2D eigenvalue weighted by Crippen LogP contribution is 2.34. The van der Waals surface area contributed by atoms with Crippen LogP contribution in [0.5, 0.6) is 0 Å². The Morgan fingerprint density at radius 1 is 1.27 bits per heavy atom. The lowest BCUT2D eigenvalue weighted by atomic mass is 9.73. The maximum Gasteiger partial charge on any atom is 0.326 e. The molecule has 0 aliphatic heterocycles. The Hall–Kier alpha value is -1.69. The SMILES string of the molecule is CC(N[C@@H](CCCCN)C(=O)O)=C1C(=O)CC(C)(C)CC1=O. The van der Waals surface area contributed by atoms with Gasteiger partial charge in [-0.2, -0.15) is 0 Å². The predicted octanol–water partition coefficient (Wildman–Crippen LogP) is 1.39. The number of carboxylic acid groups (broad SMARTS) is 1. The summed E-state index contributed by atoms with van der Waals surface area (Å²) in [5, 5.41) is 12.1. The van der Waals surface area contributed by atoms with Crippen LogP contribution in [-0.2, 0) is 14.4 Å². The van der Waals surface area contributed by atoms with Gasteiger partial charge in [0.2, 0.25) is 0 Å². The number of nitrogens with one attached hydrogen (secondary N) is 1. The Kier molecular flexibility index (Phi) is 6.29. The van der Waals surface area contributed by atoms with Crippen molar-refractivity contribution in [2.75, 3.05) is 6.54 Å². The topological polar surface area (TPSA) is 109 Å². The molecule has 0 radical (unpaired) electrons. The Bertz CT molecular complexity index is 472. The molecule has 0 aromatic rings. The molecule has 0 amide bonds. The van der Waals surface area contributed by atoms with Gasteiger partial charge < -0.3 is 16.2 Å².